The van der Waals surface area contributed by atoms with E-state index in [4.69, 9.17) is 4.74 Å². The lowest BCUT2D eigenvalue weighted by molar-refractivity contribution is -0.0152. The van der Waals surface area contributed by atoms with Gasteiger partial charge in [-0.2, -0.15) is 0 Å². The van der Waals surface area contributed by atoms with Crippen molar-refractivity contribution in [1.29, 1.82) is 0 Å². The van der Waals surface area contributed by atoms with E-state index in [9.17, 15) is 0 Å². The highest BCUT2D eigenvalue weighted by Crippen LogP contribution is 2.28. The molecule has 1 fully saturated rings. The molecule has 1 rings (SSSR count). The third kappa shape index (κ3) is 4.83. The lowest BCUT2D eigenvalue weighted by atomic mass is 10.1. The average Bonchev–Trinajstić information content (AvgIpc) is 2.53. The number of hydrogen-bond acceptors (Lipinski definition) is 2. The van der Waals surface area contributed by atoms with E-state index in [2.05, 4.69) is 42.0 Å². The molecule has 0 saturated carbocycles. The fourth-order valence-corrected chi connectivity index (χ4v) is 2.65. The van der Waals surface area contributed by atoms with Gasteiger partial charge in [0.2, 0.25) is 0 Å². The van der Waals surface area contributed by atoms with Crippen molar-refractivity contribution in [3.63, 3.8) is 0 Å². The summed E-state index contributed by atoms with van der Waals surface area (Å²) in [5, 5.41) is 4.67. The van der Waals surface area contributed by atoms with Crippen molar-refractivity contribution >= 4 is 15.9 Å². The molecular weight excluding hydrogens is 254 g/mol. The van der Waals surface area contributed by atoms with E-state index >= 15 is 0 Å². The quantitative estimate of drug-likeness (QED) is 0.754. The fraction of sp³-hybridized carbons (Fsp3) is 1.00. The summed E-state index contributed by atoms with van der Waals surface area (Å²) < 4.78 is 5.95. The summed E-state index contributed by atoms with van der Waals surface area (Å²) >= 11 is 3.49. The molecule has 1 N–H and O–H groups in total. The van der Waals surface area contributed by atoms with Gasteiger partial charge in [-0.3, -0.25) is 0 Å². The third-order valence-corrected chi connectivity index (χ3v) is 3.60. The van der Waals surface area contributed by atoms with E-state index in [1.54, 1.807) is 0 Å². The van der Waals surface area contributed by atoms with E-state index in [0.29, 0.717) is 12.1 Å². The van der Waals surface area contributed by atoms with Gasteiger partial charge < -0.3 is 10.1 Å². The smallest absolute Gasteiger partial charge is 0.0707 e. The molecule has 0 spiro atoms. The molecule has 2 atom stereocenters. The van der Waals surface area contributed by atoms with Crippen LogP contribution in [0.25, 0.3) is 0 Å². The van der Waals surface area contributed by atoms with Crippen molar-refractivity contribution in [2.75, 3.05) is 11.9 Å². The van der Waals surface area contributed by atoms with Crippen LogP contribution in [0, 0.1) is 0 Å². The summed E-state index contributed by atoms with van der Waals surface area (Å²) in [6.07, 6.45) is 5.21. The zero-order valence-corrected chi connectivity index (χ0v) is 11.8. The molecule has 0 radical (unpaired) electrons. The highest BCUT2D eigenvalue weighted by molar-refractivity contribution is 9.09. The second-order valence-corrected chi connectivity index (χ2v) is 5.82. The Morgan fingerprint density at radius 1 is 1.53 bits per heavy atom. The highest BCUT2D eigenvalue weighted by atomic mass is 79.9. The maximum atomic E-state index is 5.95. The molecule has 0 amide bonds. The molecule has 1 saturated heterocycles. The summed E-state index contributed by atoms with van der Waals surface area (Å²) in [4.78, 5) is 0. The zero-order valence-electron chi connectivity index (χ0n) is 10.2. The monoisotopic (exact) mass is 277 g/mol. The topological polar surface area (TPSA) is 21.3 Å². The summed E-state index contributed by atoms with van der Waals surface area (Å²) in [5.74, 6) is 0. The Kier molecular flexibility index (Phi) is 5.58. The predicted octanol–water partition coefficient (Wildman–Crippen LogP) is 3.10. The van der Waals surface area contributed by atoms with Gasteiger partial charge in [0.1, 0.15) is 0 Å². The van der Waals surface area contributed by atoms with Crippen molar-refractivity contribution in [2.45, 2.75) is 64.2 Å². The predicted molar refractivity (Wildman–Crippen MR) is 68.7 cm³/mol. The molecule has 0 aromatic heterocycles. The maximum absolute atomic E-state index is 5.95. The Labute approximate surface area is 102 Å². The van der Waals surface area contributed by atoms with E-state index < -0.39 is 0 Å². The van der Waals surface area contributed by atoms with Crippen LogP contribution in [-0.2, 0) is 4.74 Å². The van der Waals surface area contributed by atoms with E-state index in [-0.39, 0.29) is 5.60 Å². The van der Waals surface area contributed by atoms with Crippen LogP contribution in [0.4, 0.5) is 0 Å². The molecule has 3 heteroatoms. The van der Waals surface area contributed by atoms with Gasteiger partial charge in [0, 0.05) is 17.9 Å². The summed E-state index contributed by atoms with van der Waals surface area (Å²) in [5.41, 5.74) is 0.101. The summed E-state index contributed by atoms with van der Waals surface area (Å²) in [6.45, 7) is 7.61. The van der Waals surface area contributed by atoms with Crippen molar-refractivity contribution in [3.8, 4) is 0 Å². The summed E-state index contributed by atoms with van der Waals surface area (Å²) in [7, 11) is 0. The van der Waals surface area contributed by atoms with Crippen LogP contribution in [0.3, 0.4) is 0 Å². The molecule has 15 heavy (non-hydrogen) atoms. The fourth-order valence-electron chi connectivity index (χ4n) is 2.10. The van der Waals surface area contributed by atoms with Crippen LogP contribution in [-0.4, -0.2) is 29.6 Å². The first kappa shape index (κ1) is 13.5. The average molecular weight is 278 g/mol. The largest absolute Gasteiger partial charge is 0.371 e. The number of halogens is 1. The van der Waals surface area contributed by atoms with E-state index in [1.165, 1.54) is 25.7 Å². The second-order valence-electron chi connectivity index (χ2n) is 5.03. The van der Waals surface area contributed by atoms with Crippen molar-refractivity contribution in [3.05, 3.63) is 0 Å². The molecule has 0 aromatic carbocycles. The Balaban J connectivity index is 2.19. The van der Waals surface area contributed by atoms with Crippen molar-refractivity contribution in [1.82, 2.24) is 5.32 Å². The van der Waals surface area contributed by atoms with Gasteiger partial charge in [0.05, 0.1) is 11.7 Å². The highest BCUT2D eigenvalue weighted by Gasteiger charge is 2.31. The van der Waals surface area contributed by atoms with Crippen LogP contribution in [0.5, 0.6) is 0 Å². The molecule has 2 unspecified atom stereocenters. The van der Waals surface area contributed by atoms with Crippen LogP contribution in [0.1, 0.15) is 46.5 Å². The third-order valence-electron chi connectivity index (χ3n) is 3.14. The van der Waals surface area contributed by atoms with Gasteiger partial charge in [-0.25, -0.2) is 0 Å². The SMILES string of the molecule is CCC(CCBr)NCC1CCC(C)(C)O1. The zero-order chi connectivity index (χ0) is 11.3. The molecule has 1 heterocycles. The van der Waals surface area contributed by atoms with Crippen LogP contribution < -0.4 is 5.32 Å². The molecule has 0 aromatic rings. The molecule has 1 aliphatic heterocycles. The first-order chi connectivity index (χ1) is 7.07. The molecular formula is C12H24BrNO. The normalized spacial score (nSPS) is 26.8. The molecule has 1 aliphatic rings. The van der Waals surface area contributed by atoms with Gasteiger partial charge in [-0.15, -0.1) is 0 Å². The second kappa shape index (κ2) is 6.21. The Morgan fingerprint density at radius 2 is 2.27 bits per heavy atom. The number of nitrogens with one attached hydrogen (secondary N) is 1. The minimum absolute atomic E-state index is 0.101. The Morgan fingerprint density at radius 3 is 2.73 bits per heavy atom. The van der Waals surface area contributed by atoms with Gasteiger partial charge in [0.25, 0.3) is 0 Å². The van der Waals surface area contributed by atoms with Gasteiger partial charge in [0.15, 0.2) is 0 Å². The number of ether oxygens (including phenoxy) is 1. The molecule has 0 aliphatic carbocycles. The molecule has 2 nitrogen and oxygen atoms in total. The van der Waals surface area contributed by atoms with E-state index in [1.807, 2.05) is 0 Å². The Hall–Kier alpha value is 0.400. The van der Waals surface area contributed by atoms with Gasteiger partial charge in [-0.05, 0) is 39.5 Å². The van der Waals surface area contributed by atoms with Crippen molar-refractivity contribution in [2.24, 2.45) is 0 Å². The first-order valence-corrected chi connectivity index (χ1v) is 7.16. The van der Waals surface area contributed by atoms with E-state index in [0.717, 1.165) is 11.9 Å². The number of hydrogen-bond donors (Lipinski definition) is 1. The minimum Gasteiger partial charge on any atom is -0.371 e. The molecule has 0 bridgehead atoms. The first-order valence-electron chi connectivity index (χ1n) is 6.04. The Bertz CT molecular complexity index is 184. The summed E-state index contributed by atoms with van der Waals surface area (Å²) in [6, 6.07) is 0.636. The number of alkyl halides is 1. The van der Waals surface area contributed by atoms with Gasteiger partial charge >= 0.3 is 0 Å². The minimum atomic E-state index is 0.101. The van der Waals surface area contributed by atoms with Crippen LogP contribution in [0.2, 0.25) is 0 Å². The van der Waals surface area contributed by atoms with Crippen LogP contribution in [0.15, 0.2) is 0 Å². The lowest BCUT2D eigenvalue weighted by Gasteiger charge is -2.22. The molecule has 90 valence electrons. The lowest BCUT2D eigenvalue weighted by Crippen LogP contribution is -2.36. The van der Waals surface area contributed by atoms with Crippen molar-refractivity contribution < 1.29 is 4.74 Å². The maximum Gasteiger partial charge on any atom is 0.0707 e. The number of rotatable bonds is 6. The van der Waals surface area contributed by atoms with Gasteiger partial charge in [-0.1, -0.05) is 22.9 Å². The van der Waals surface area contributed by atoms with Crippen LogP contribution >= 0.6 is 15.9 Å². The standard InChI is InChI=1S/C12H24BrNO/c1-4-10(6-8-13)14-9-11-5-7-12(2,3)15-11/h10-11,14H,4-9H2,1-3H3.